The Labute approximate surface area is 107 Å². The van der Waals surface area contributed by atoms with Gasteiger partial charge in [0.1, 0.15) is 0 Å². The second-order valence-electron chi connectivity index (χ2n) is 5.96. The molecule has 1 N–H and O–H groups in total. The van der Waals surface area contributed by atoms with E-state index in [-0.39, 0.29) is 0 Å². The van der Waals surface area contributed by atoms with Crippen molar-refractivity contribution in [3.63, 3.8) is 0 Å². The minimum atomic E-state index is 0.637. The van der Waals surface area contributed by atoms with Crippen molar-refractivity contribution in [1.29, 1.82) is 0 Å². The summed E-state index contributed by atoms with van der Waals surface area (Å²) in [6.45, 7) is 10.7. The summed E-state index contributed by atoms with van der Waals surface area (Å²) in [5.74, 6) is 0.927. The summed E-state index contributed by atoms with van der Waals surface area (Å²) < 4.78 is 0. The molecule has 2 saturated heterocycles. The molecule has 0 radical (unpaired) electrons. The van der Waals surface area contributed by atoms with Gasteiger partial charge in [0.05, 0.1) is 0 Å². The normalized spacial score (nSPS) is 33.4. The Morgan fingerprint density at radius 2 is 2.12 bits per heavy atom. The molecule has 2 aliphatic rings. The third-order valence-electron chi connectivity index (χ3n) is 4.51. The van der Waals surface area contributed by atoms with E-state index in [1.807, 2.05) is 0 Å². The van der Waals surface area contributed by atoms with Gasteiger partial charge < -0.3 is 15.1 Å². The van der Waals surface area contributed by atoms with Gasteiger partial charge in [-0.05, 0) is 58.8 Å². The molecule has 3 nitrogen and oxygen atoms in total. The molecule has 17 heavy (non-hydrogen) atoms. The average molecular weight is 239 g/mol. The van der Waals surface area contributed by atoms with E-state index in [0.717, 1.165) is 18.5 Å². The minimum absolute atomic E-state index is 0.637. The Morgan fingerprint density at radius 1 is 1.29 bits per heavy atom. The molecule has 0 aromatic heterocycles. The van der Waals surface area contributed by atoms with Crippen LogP contribution in [0.3, 0.4) is 0 Å². The smallest absolute Gasteiger partial charge is 0.0166 e. The van der Waals surface area contributed by atoms with Crippen LogP contribution in [0.4, 0.5) is 0 Å². The molecule has 3 unspecified atom stereocenters. The Kier molecular flexibility index (Phi) is 4.83. The Bertz CT molecular complexity index is 232. The molecule has 2 aliphatic heterocycles. The van der Waals surface area contributed by atoms with Crippen LogP contribution in [-0.2, 0) is 0 Å². The van der Waals surface area contributed by atoms with Crippen molar-refractivity contribution in [1.82, 2.24) is 15.1 Å². The maximum absolute atomic E-state index is 3.52. The summed E-state index contributed by atoms with van der Waals surface area (Å²) in [7, 11) is 2.31. The lowest BCUT2D eigenvalue weighted by Gasteiger charge is -2.46. The van der Waals surface area contributed by atoms with E-state index in [1.54, 1.807) is 0 Å². The van der Waals surface area contributed by atoms with Gasteiger partial charge in [-0.15, -0.1) is 0 Å². The molecular weight excluding hydrogens is 210 g/mol. The number of likely N-dealkylation sites (N-methyl/N-ethyl adjacent to an activating group) is 1. The topological polar surface area (TPSA) is 18.5 Å². The molecule has 0 spiro atoms. The zero-order chi connectivity index (χ0) is 12.3. The minimum Gasteiger partial charge on any atom is -0.313 e. The van der Waals surface area contributed by atoms with Crippen LogP contribution < -0.4 is 5.32 Å². The largest absolute Gasteiger partial charge is 0.313 e. The summed E-state index contributed by atoms with van der Waals surface area (Å²) in [6, 6.07) is 1.51. The molecule has 0 amide bonds. The van der Waals surface area contributed by atoms with Crippen LogP contribution in [0.2, 0.25) is 0 Å². The highest BCUT2D eigenvalue weighted by Crippen LogP contribution is 2.29. The van der Waals surface area contributed by atoms with E-state index in [9.17, 15) is 0 Å². The number of hydrogen-bond donors (Lipinski definition) is 1. The molecule has 2 fully saturated rings. The number of piperidine rings is 2. The molecule has 100 valence electrons. The van der Waals surface area contributed by atoms with E-state index in [4.69, 9.17) is 0 Å². The number of nitrogens with one attached hydrogen (secondary N) is 1. The van der Waals surface area contributed by atoms with Gasteiger partial charge in [0.25, 0.3) is 0 Å². The van der Waals surface area contributed by atoms with Gasteiger partial charge in [-0.25, -0.2) is 0 Å². The molecule has 0 aromatic rings. The van der Waals surface area contributed by atoms with Crippen molar-refractivity contribution in [2.75, 3.05) is 39.8 Å². The summed E-state index contributed by atoms with van der Waals surface area (Å²) in [5.41, 5.74) is 0. The first kappa shape index (κ1) is 13.3. The van der Waals surface area contributed by atoms with Crippen molar-refractivity contribution in [2.45, 2.75) is 45.2 Å². The quantitative estimate of drug-likeness (QED) is 0.800. The summed E-state index contributed by atoms with van der Waals surface area (Å²) in [5, 5.41) is 3.52. The van der Waals surface area contributed by atoms with E-state index in [0.29, 0.717) is 6.04 Å². The lowest BCUT2D eigenvalue weighted by atomic mass is 9.84. The second-order valence-corrected chi connectivity index (χ2v) is 5.96. The summed E-state index contributed by atoms with van der Waals surface area (Å²) in [4.78, 5) is 5.27. The predicted octanol–water partition coefficient (Wildman–Crippen LogP) is 1.40. The lowest BCUT2D eigenvalue weighted by molar-refractivity contribution is 0.0357. The Morgan fingerprint density at radius 3 is 2.88 bits per heavy atom. The highest BCUT2D eigenvalue weighted by atomic mass is 15.2. The van der Waals surface area contributed by atoms with Gasteiger partial charge in [-0.1, -0.05) is 6.92 Å². The first-order chi connectivity index (χ1) is 8.20. The molecule has 0 bridgehead atoms. The summed E-state index contributed by atoms with van der Waals surface area (Å²) >= 11 is 0. The van der Waals surface area contributed by atoms with Crippen molar-refractivity contribution in [2.24, 2.45) is 5.92 Å². The zero-order valence-corrected chi connectivity index (χ0v) is 11.8. The third kappa shape index (κ3) is 3.43. The van der Waals surface area contributed by atoms with Gasteiger partial charge in [-0.2, -0.15) is 0 Å². The SMILES string of the molecule is CCNC(C)CN1CCC2C(CCCN2C)C1. The monoisotopic (exact) mass is 239 g/mol. The predicted molar refractivity (Wildman–Crippen MR) is 73.3 cm³/mol. The van der Waals surface area contributed by atoms with Crippen molar-refractivity contribution < 1.29 is 0 Å². The maximum atomic E-state index is 3.52. The van der Waals surface area contributed by atoms with Crippen LogP contribution in [0.5, 0.6) is 0 Å². The van der Waals surface area contributed by atoms with Crippen molar-refractivity contribution in [3.05, 3.63) is 0 Å². The molecule has 2 heterocycles. The maximum Gasteiger partial charge on any atom is 0.0166 e. The number of nitrogens with zero attached hydrogens (tertiary/aromatic N) is 2. The second kappa shape index (κ2) is 6.17. The molecule has 0 saturated carbocycles. The molecule has 3 heteroatoms. The first-order valence-electron chi connectivity index (χ1n) is 7.36. The number of likely N-dealkylation sites (tertiary alicyclic amines) is 2. The van der Waals surface area contributed by atoms with E-state index < -0.39 is 0 Å². The van der Waals surface area contributed by atoms with Gasteiger partial charge >= 0.3 is 0 Å². The number of rotatable bonds is 4. The molecular formula is C14H29N3. The molecule has 3 atom stereocenters. The van der Waals surface area contributed by atoms with Crippen LogP contribution in [0.15, 0.2) is 0 Å². The number of hydrogen-bond acceptors (Lipinski definition) is 3. The highest BCUT2D eigenvalue weighted by Gasteiger charge is 2.34. The molecule has 2 rings (SSSR count). The Hall–Kier alpha value is -0.120. The standard InChI is InChI=1S/C14H29N3/c1-4-15-12(2)10-17-9-7-14-13(11-17)6-5-8-16(14)3/h12-15H,4-11H2,1-3H3. The fourth-order valence-corrected chi connectivity index (χ4v) is 3.69. The average Bonchev–Trinajstić information content (AvgIpc) is 2.29. The van der Waals surface area contributed by atoms with Gasteiger partial charge in [0.15, 0.2) is 0 Å². The Balaban J connectivity index is 1.81. The highest BCUT2D eigenvalue weighted by molar-refractivity contribution is 4.89. The van der Waals surface area contributed by atoms with Crippen molar-refractivity contribution in [3.8, 4) is 0 Å². The van der Waals surface area contributed by atoms with Crippen LogP contribution in [-0.4, -0.2) is 61.7 Å². The van der Waals surface area contributed by atoms with E-state index >= 15 is 0 Å². The first-order valence-corrected chi connectivity index (χ1v) is 7.36. The van der Waals surface area contributed by atoms with Crippen LogP contribution in [0.1, 0.15) is 33.1 Å². The molecule has 0 aromatic carbocycles. The van der Waals surface area contributed by atoms with Gasteiger partial charge in [0.2, 0.25) is 0 Å². The van der Waals surface area contributed by atoms with Crippen LogP contribution >= 0.6 is 0 Å². The van der Waals surface area contributed by atoms with E-state index in [2.05, 4.69) is 36.0 Å². The zero-order valence-electron chi connectivity index (χ0n) is 11.8. The fourth-order valence-electron chi connectivity index (χ4n) is 3.69. The van der Waals surface area contributed by atoms with Gasteiger partial charge in [-0.3, -0.25) is 0 Å². The fraction of sp³-hybridized carbons (Fsp3) is 1.00. The lowest BCUT2D eigenvalue weighted by Crippen LogP contribution is -2.54. The summed E-state index contributed by atoms with van der Waals surface area (Å²) in [6.07, 6.45) is 4.22. The van der Waals surface area contributed by atoms with E-state index in [1.165, 1.54) is 45.4 Å². The third-order valence-corrected chi connectivity index (χ3v) is 4.51. The van der Waals surface area contributed by atoms with Crippen molar-refractivity contribution >= 4 is 0 Å². The van der Waals surface area contributed by atoms with Gasteiger partial charge in [0, 0.05) is 25.2 Å². The number of fused-ring (bicyclic) bond motifs is 1. The van der Waals surface area contributed by atoms with Crippen LogP contribution in [0, 0.1) is 5.92 Å². The van der Waals surface area contributed by atoms with Crippen LogP contribution in [0.25, 0.3) is 0 Å². The molecule has 0 aliphatic carbocycles.